The van der Waals surface area contributed by atoms with Gasteiger partial charge >= 0.3 is 12.4 Å². The van der Waals surface area contributed by atoms with Gasteiger partial charge in [-0.2, -0.15) is 0 Å². The van der Waals surface area contributed by atoms with Crippen molar-refractivity contribution in [2.75, 3.05) is 91.8 Å². The summed E-state index contributed by atoms with van der Waals surface area (Å²) in [7, 11) is 0. The summed E-state index contributed by atoms with van der Waals surface area (Å²) in [4.78, 5) is 36.6. The molecule has 0 aromatic heterocycles. The van der Waals surface area contributed by atoms with Crippen molar-refractivity contribution in [2.45, 2.75) is 75.4 Å². The Labute approximate surface area is 347 Å². The number of likely N-dealkylation sites (tertiary alicyclic amines) is 3. The molecule has 0 unspecified atom stereocenters. The maximum atomic E-state index is 12.9. The van der Waals surface area contributed by atoms with Crippen molar-refractivity contribution in [1.29, 1.82) is 0 Å². The first kappa shape index (κ1) is 42.9. The zero-order valence-electron chi connectivity index (χ0n) is 34.3. The van der Waals surface area contributed by atoms with Gasteiger partial charge in [0.05, 0.1) is 37.5 Å². The molecule has 3 amide bonds. The van der Waals surface area contributed by atoms with Crippen LogP contribution < -0.4 is 4.74 Å². The first-order valence-electron chi connectivity index (χ1n) is 21.6. The SMILES string of the molecule is O=C(N1CCCCC1)N1CCOC2(CCN(CCc3ccccc3)CC2)C1.O=C(c1ccccc1)N1CCOC2(CCN(CCc3cccc(OC(F)(F)F)c3)CC2)C1. The Morgan fingerprint density at radius 2 is 1.12 bits per heavy atom. The van der Waals surface area contributed by atoms with Gasteiger partial charge in [0.2, 0.25) is 0 Å². The molecule has 3 aromatic carbocycles. The smallest absolute Gasteiger partial charge is 0.406 e. The molecular formula is C46H60F3N5O5. The average Bonchev–Trinajstić information content (AvgIpc) is 3.26. The molecule has 5 aliphatic heterocycles. The number of hydrogen-bond donors (Lipinski definition) is 0. The fraction of sp³-hybridized carbons (Fsp3) is 0.565. The van der Waals surface area contributed by atoms with Crippen molar-refractivity contribution in [3.8, 4) is 5.75 Å². The second-order valence-corrected chi connectivity index (χ2v) is 16.8. The minimum atomic E-state index is -4.68. The van der Waals surface area contributed by atoms with Crippen molar-refractivity contribution < 1.29 is 37.0 Å². The quantitative estimate of drug-likeness (QED) is 0.239. The number of alkyl halides is 3. The van der Waals surface area contributed by atoms with E-state index in [0.717, 1.165) is 116 Å². The van der Waals surface area contributed by atoms with Gasteiger partial charge in [0.25, 0.3) is 5.91 Å². The van der Waals surface area contributed by atoms with E-state index in [2.05, 4.69) is 54.7 Å². The van der Waals surface area contributed by atoms with Crippen LogP contribution in [0.5, 0.6) is 5.75 Å². The van der Waals surface area contributed by atoms with E-state index in [1.165, 1.54) is 24.1 Å². The fourth-order valence-electron chi connectivity index (χ4n) is 9.17. The monoisotopic (exact) mass is 819 g/mol. The van der Waals surface area contributed by atoms with Crippen LogP contribution in [0.3, 0.4) is 0 Å². The van der Waals surface area contributed by atoms with Crippen LogP contribution >= 0.6 is 0 Å². The summed E-state index contributed by atoms with van der Waals surface area (Å²) in [6.45, 7) is 11.4. The lowest BCUT2D eigenvalue weighted by atomic mass is 9.89. The Balaban J connectivity index is 0.000000181. The summed E-state index contributed by atoms with van der Waals surface area (Å²) in [5.41, 5.74) is 2.47. The van der Waals surface area contributed by atoms with Gasteiger partial charge in [0, 0.05) is 71.0 Å². The minimum absolute atomic E-state index is 0.0386. The highest BCUT2D eigenvalue weighted by Gasteiger charge is 2.43. The number of hydrogen-bond acceptors (Lipinski definition) is 7. The van der Waals surface area contributed by atoms with Crippen molar-refractivity contribution in [1.82, 2.24) is 24.5 Å². The van der Waals surface area contributed by atoms with E-state index in [-0.39, 0.29) is 28.9 Å². The van der Waals surface area contributed by atoms with E-state index in [1.807, 2.05) is 41.3 Å². The molecule has 320 valence electrons. The van der Waals surface area contributed by atoms with Crippen LogP contribution in [0.4, 0.5) is 18.0 Å². The summed E-state index contributed by atoms with van der Waals surface area (Å²) >= 11 is 0. The Morgan fingerprint density at radius 3 is 1.71 bits per heavy atom. The number of piperidine rings is 3. The molecule has 10 nitrogen and oxygen atoms in total. The maximum Gasteiger partial charge on any atom is 0.573 e. The van der Waals surface area contributed by atoms with E-state index in [9.17, 15) is 22.8 Å². The second-order valence-electron chi connectivity index (χ2n) is 16.8. The molecule has 5 heterocycles. The van der Waals surface area contributed by atoms with Crippen LogP contribution in [-0.4, -0.2) is 146 Å². The van der Waals surface area contributed by atoms with Crippen LogP contribution in [0.1, 0.15) is 66.4 Å². The molecule has 5 aliphatic rings. The Kier molecular flexibility index (Phi) is 14.5. The lowest BCUT2D eigenvalue weighted by Crippen LogP contribution is -2.60. The summed E-state index contributed by atoms with van der Waals surface area (Å²) in [6, 6.07) is 26.4. The van der Waals surface area contributed by atoms with Gasteiger partial charge in [-0.1, -0.05) is 60.7 Å². The molecular weight excluding hydrogens is 760 g/mol. The standard InChI is InChI=1S/C24H27F3N2O3.C22H33N3O2/c25-24(26,27)32-21-8-4-5-19(17-21)9-12-28-13-10-23(11-14-28)18-29(15-16-31-23)22(30)20-6-2-1-3-7-20;26-21(24-12-5-2-6-13-24)25-17-18-27-22(19-25)10-15-23(16-11-22)14-9-20-7-3-1-4-8-20/h1-8,17H,9-16,18H2;1,3-4,7-8H,2,5-6,9-19H2. The summed E-state index contributed by atoms with van der Waals surface area (Å²) in [5.74, 6) is -0.150. The summed E-state index contributed by atoms with van der Waals surface area (Å²) in [5, 5.41) is 0. The molecule has 59 heavy (non-hydrogen) atoms. The lowest BCUT2D eigenvalue weighted by molar-refractivity contribution is -0.274. The average molecular weight is 820 g/mol. The molecule has 3 aromatic rings. The number of urea groups is 1. The van der Waals surface area contributed by atoms with Gasteiger partial charge in [-0.15, -0.1) is 13.2 Å². The van der Waals surface area contributed by atoms with Gasteiger partial charge in [0.15, 0.2) is 0 Å². The van der Waals surface area contributed by atoms with Crippen LogP contribution in [0.15, 0.2) is 84.9 Å². The highest BCUT2D eigenvalue weighted by Crippen LogP contribution is 2.33. The number of amides is 3. The maximum absolute atomic E-state index is 12.9. The fourth-order valence-corrected chi connectivity index (χ4v) is 9.17. The zero-order valence-corrected chi connectivity index (χ0v) is 34.3. The predicted molar refractivity (Wildman–Crippen MR) is 220 cm³/mol. The molecule has 2 spiro atoms. The normalized spacial score (nSPS) is 21.2. The van der Waals surface area contributed by atoms with Crippen molar-refractivity contribution in [3.63, 3.8) is 0 Å². The van der Waals surface area contributed by atoms with Crippen LogP contribution in [0.2, 0.25) is 0 Å². The number of morpholine rings is 2. The van der Waals surface area contributed by atoms with Gasteiger partial charge in [0.1, 0.15) is 5.75 Å². The van der Waals surface area contributed by atoms with E-state index in [0.29, 0.717) is 38.3 Å². The number of nitrogens with zero attached hydrogens (tertiary/aromatic N) is 5. The summed E-state index contributed by atoms with van der Waals surface area (Å²) in [6.07, 6.45) is 4.33. The molecule has 0 atom stereocenters. The van der Waals surface area contributed by atoms with E-state index in [1.54, 1.807) is 6.07 Å². The molecule has 0 aliphatic carbocycles. The zero-order chi connectivity index (χ0) is 41.1. The highest BCUT2D eigenvalue weighted by molar-refractivity contribution is 5.94. The summed E-state index contributed by atoms with van der Waals surface area (Å²) < 4.78 is 53.7. The molecule has 0 bridgehead atoms. The first-order valence-corrected chi connectivity index (χ1v) is 21.6. The molecule has 0 N–H and O–H groups in total. The lowest BCUT2D eigenvalue weighted by Gasteiger charge is -2.48. The number of rotatable bonds is 8. The molecule has 5 fully saturated rings. The largest absolute Gasteiger partial charge is 0.573 e. The van der Waals surface area contributed by atoms with Crippen LogP contribution in [0, 0.1) is 0 Å². The third kappa shape index (κ3) is 12.2. The van der Waals surface area contributed by atoms with Gasteiger partial charge in [-0.3, -0.25) is 4.79 Å². The third-order valence-corrected chi connectivity index (χ3v) is 12.6. The van der Waals surface area contributed by atoms with Gasteiger partial charge in [-0.05, 0) is 93.2 Å². The first-order chi connectivity index (χ1) is 28.6. The minimum Gasteiger partial charge on any atom is -0.406 e. The number of halogens is 3. The molecule has 5 saturated heterocycles. The van der Waals surface area contributed by atoms with Gasteiger partial charge < -0.3 is 38.7 Å². The predicted octanol–water partition coefficient (Wildman–Crippen LogP) is 7.14. The number of carbonyl (C=O) groups excluding carboxylic acids is 2. The Bertz CT molecular complexity index is 1780. The number of carbonyl (C=O) groups is 2. The van der Waals surface area contributed by atoms with Crippen molar-refractivity contribution in [2.24, 2.45) is 0 Å². The molecule has 0 saturated carbocycles. The highest BCUT2D eigenvalue weighted by atomic mass is 19.4. The van der Waals surface area contributed by atoms with Crippen molar-refractivity contribution >= 4 is 11.9 Å². The van der Waals surface area contributed by atoms with E-state index >= 15 is 0 Å². The topological polar surface area (TPSA) is 78.0 Å². The molecule has 8 rings (SSSR count). The van der Waals surface area contributed by atoms with Crippen LogP contribution in [0.25, 0.3) is 0 Å². The number of benzene rings is 3. The Morgan fingerprint density at radius 1 is 0.593 bits per heavy atom. The molecule has 13 heteroatoms. The molecule has 0 radical (unpaired) electrons. The van der Waals surface area contributed by atoms with Crippen molar-refractivity contribution in [3.05, 3.63) is 102 Å². The van der Waals surface area contributed by atoms with Crippen LogP contribution in [-0.2, 0) is 22.3 Å². The van der Waals surface area contributed by atoms with E-state index in [4.69, 9.17) is 9.47 Å². The number of ether oxygens (including phenoxy) is 3. The third-order valence-electron chi connectivity index (χ3n) is 12.6. The second kappa shape index (κ2) is 19.9. The van der Waals surface area contributed by atoms with Gasteiger partial charge in [-0.25, -0.2) is 4.79 Å². The van der Waals surface area contributed by atoms with E-state index < -0.39 is 6.36 Å². The Hall–Kier alpha value is -4.17.